The standard InChI is InChI=1S/C29H37BrClFN4O5S/c1-42(39,40)35-26(9-4-19-10-12-33-13-11-19)29(38)36-17-24(41-18-21-5-6-22(30)14-25(21)32)15-27(36)28(37)34-16-20-2-7-23(31)8-3-20/h2-3,5-8,14,19,24,26-27,33,35H,4,9-13,15-18H2,1H3,(H,34,37)/t24-,26-,27+/m1/s1. The van der Waals surface area contributed by atoms with Crippen LogP contribution >= 0.6 is 27.5 Å². The molecule has 4 rings (SSSR count). The van der Waals surface area contributed by atoms with Crippen molar-refractivity contribution in [3.63, 3.8) is 0 Å². The largest absolute Gasteiger partial charge is 0.371 e. The molecule has 2 fully saturated rings. The molecule has 0 radical (unpaired) electrons. The lowest BCUT2D eigenvalue weighted by Gasteiger charge is -2.30. The number of nitrogens with one attached hydrogen (secondary N) is 3. The number of sulfonamides is 1. The summed E-state index contributed by atoms with van der Waals surface area (Å²) in [6, 6.07) is 9.82. The van der Waals surface area contributed by atoms with E-state index in [0.717, 1.165) is 37.8 Å². The van der Waals surface area contributed by atoms with Gasteiger partial charge in [-0.3, -0.25) is 9.59 Å². The molecular weight excluding hydrogens is 651 g/mol. The number of hydrogen-bond acceptors (Lipinski definition) is 6. The van der Waals surface area contributed by atoms with Gasteiger partial charge in [0.1, 0.15) is 17.9 Å². The number of amides is 2. The Morgan fingerprint density at radius 2 is 1.90 bits per heavy atom. The number of carbonyl (C=O) groups excluding carboxylic acids is 2. The lowest BCUT2D eigenvalue weighted by molar-refractivity contribution is -0.140. The number of halogens is 3. The highest BCUT2D eigenvalue weighted by molar-refractivity contribution is 9.10. The van der Waals surface area contributed by atoms with E-state index in [0.29, 0.717) is 33.8 Å². The molecule has 3 atom stereocenters. The lowest BCUT2D eigenvalue weighted by Crippen LogP contribution is -2.53. The number of carbonyl (C=O) groups is 2. The van der Waals surface area contributed by atoms with E-state index in [2.05, 4.69) is 31.3 Å². The predicted octanol–water partition coefficient (Wildman–Crippen LogP) is 3.74. The van der Waals surface area contributed by atoms with Crippen molar-refractivity contribution in [1.29, 1.82) is 0 Å². The first-order chi connectivity index (χ1) is 20.0. The molecule has 13 heteroatoms. The highest BCUT2D eigenvalue weighted by atomic mass is 79.9. The summed E-state index contributed by atoms with van der Waals surface area (Å²) < 4.78 is 48.0. The number of likely N-dealkylation sites (tertiary alicyclic amines) is 1. The molecule has 0 unspecified atom stereocenters. The first kappa shape index (κ1) is 32.8. The summed E-state index contributed by atoms with van der Waals surface area (Å²) in [7, 11) is -3.70. The topological polar surface area (TPSA) is 117 Å². The van der Waals surface area contributed by atoms with E-state index in [9.17, 15) is 22.4 Å². The van der Waals surface area contributed by atoms with Crippen LogP contribution < -0.4 is 15.4 Å². The number of rotatable bonds is 12. The highest BCUT2D eigenvalue weighted by Gasteiger charge is 2.42. The van der Waals surface area contributed by atoms with Crippen LogP contribution in [0.15, 0.2) is 46.9 Å². The lowest BCUT2D eigenvalue weighted by atomic mass is 9.91. The van der Waals surface area contributed by atoms with Crippen molar-refractivity contribution in [2.75, 3.05) is 25.9 Å². The Balaban J connectivity index is 1.49. The van der Waals surface area contributed by atoms with Gasteiger partial charge >= 0.3 is 0 Å². The molecule has 230 valence electrons. The molecule has 3 N–H and O–H groups in total. The maximum Gasteiger partial charge on any atom is 0.243 e. The summed E-state index contributed by atoms with van der Waals surface area (Å²) in [5, 5.41) is 6.77. The summed E-state index contributed by atoms with van der Waals surface area (Å²) in [6.45, 7) is 2.05. The summed E-state index contributed by atoms with van der Waals surface area (Å²) in [5.41, 5.74) is 1.19. The quantitative estimate of drug-likeness (QED) is 0.313. The van der Waals surface area contributed by atoms with Crippen molar-refractivity contribution >= 4 is 49.4 Å². The van der Waals surface area contributed by atoms with E-state index in [-0.39, 0.29) is 32.0 Å². The Morgan fingerprint density at radius 3 is 2.57 bits per heavy atom. The maximum absolute atomic E-state index is 14.4. The number of nitrogens with zero attached hydrogens (tertiary/aromatic N) is 1. The van der Waals surface area contributed by atoms with Crippen LogP contribution in [0.3, 0.4) is 0 Å². The number of hydrogen-bond donors (Lipinski definition) is 3. The Kier molecular flexibility index (Phi) is 11.8. The Labute approximate surface area is 260 Å². The Morgan fingerprint density at radius 1 is 1.19 bits per heavy atom. The fourth-order valence-electron chi connectivity index (χ4n) is 5.43. The van der Waals surface area contributed by atoms with Gasteiger partial charge in [0.05, 0.1) is 19.0 Å². The molecule has 2 heterocycles. The van der Waals surface area contributed by atoms with Crippen LogP contribution in [0.4, 0.5) is 4.39 Å². The van der Waals surface area contributed by atoms with Crippen molar-refractivity contribution < 1.29 is 27.1 Å². The van der Waals surface area contributed by atoms with Crippen molar-refractivity contribution in [3.05, 3.63) is 68.9 Å². The highest BCUT2D eigenvalue weighted by Crippen LogP contribution is 2.26. The molecule has 42 heavy (non-hydrogen) atoms. The minimum absolute atomic E-state index is 0.0361. The van der Waals surface area contributed by atoms with Crippen LogP contribution in [0.1, 0.15) is 43.2 Å². The van der Waals surface area contributed by atoms with Crippen LogP contribution in [0.5, 0.6) is 0 Å². The third-order valence-corrected chi connectivity index (χ3v) is 9.15. The van der Waals surface area contributed by atoms with Crippen molar-refractivity contribution in [3.8, 4) is 0 Å². The molecule has 2 aliphatic heterocycles. The van der Waals surface area contributed by atoms with Gasteiger partial charge in [-0.05, 0) is 74.5 Å². The van der Waals surface area contributed by atoms with Gasteiger partial charge in [-0.2, -0.15) is 0 Å². The molecule has 0 saturated carbocycles. The zero-order valence-electron chi connectivity index (χ0n) is 23.5. The second-order valence-corrected chi connectivity index (χ2v) is 14.1. The summed E-state index contributed by atoms with van der Waals surface area (Å²) in [6.07, 6.45) is 3.59. The molecule has 0 aromatic heterocycles. The molecule has 2 amide bonds. The minimum Gasteiger partial charge on any atom is -0.371 e. The summed E-state index contributed by atoms with van der Waals surface area (Å²) in [4.78, 5) is 28.7. The van der Waals surface area contributed by atoms with Gasteiger partial charge in [0.2, 0.25) is 21.8 Å². The van der Waals surface area contributed by atoms with Crippen LogP contribution in [-0.2, 0) is 37.5 Å². The Bertz CT molecular complexity index is 1340. The minimum atomic E-state index is -3.70. The van der Waals surface area contributed by atoms with Gasteiger partial charge in [0.25, 0.3) is 0 Å². The van der Waals surface area contributed by atoms with Crippen molar-refractivity contribution in [2.45, 2.75) is 63.4 Å². The van der Waals surface area contributed by atoms with Gasteiger partial charge in [0.15, 0.2) is 0 Å². The molecular formula is C29H37BrClFN4O5S. The van der Waals surface area contributed by atoms with E-state index < -0.39 is 39.9 Å². The zero-order valence-corrected chi connectivity index (χ0v) is 26.6. The predicted molar refractivity (Wildman–Crippen MR) is 163 cm³/mol. The van der Waals surface area contributed by atoms with E-state index in [4.69, 9.17) is 16.3 Å². The first-order valence-electron chi connectivity index (χ1n) is 14.0. The average Bonchev–Trinajstić information content (AvgIpc) is 3.38. The van der Waals surface area contributed by atoms with Gasteiger partial charge in [-0.1, -0.05) is 45.7 Å². The van der Waals surface area contributed by atoms with Crippen LogP contribution in [0.25, 0.3) is 0 Å². The third-order valence-electron chi connectivity index (χ3n) is 7.69. The van der Waals surface area contributed by atoms with Crippen molar-refractivity contribution in [2.24, 2.45) is 5.92 Å². The number of piperidine rings is 1. The summed E-state index contributed by atoms with van der Waals surface area (Å²) in [5.74, 6) is -0.891. The van der Waals surface area contributed by atoms with E-state index in [1.807, 2.05) is 0 Å². The first-order valence-corrected chi connectivity index (χ1v) is 17.1. The molecule has 9 nitrogen and oxygen atoms in total. The van der Waals surface area contributed by atoms with Crippen LogP contribution in [0, 0.1) is 11.7 Å². The molecule has 2 aliphatic rings. The van der Waals surface area contributed by atoms with Crippen molar-refractivity contribution in [1.82, 2.24) is 20.3 Å². The average molecular weight is 688 g/mol. The maximum atomic E-state index is 14.4. The molecule has 2 aromatic carbocycles. The number of benzene rings is 2. The molecule has 0 bridgehead atoms. The SMILES string of the molecule is CS(=O)(=O)N[C@H](CCC1CCNCC1)C(=O)N1C[C@H](OCc2ccc(Br)cc2F)C[C@H]1C(=O)NCc1ccc(Cl)cc1. The fourth-order valence-corrected chi connectivity index (χ4v) is 6.62. The van der Waals surface area contributed by atoms with Gasteiger partial charge < -0.3 is 20.3 Å². The molecule has 0 aliphatic carbocycles. The monoisotopic (exact) mass is 686 g/mol. The van der Waals surface area contributed by atoms with E-state index in [1.54, 1.807) is 36.4 Å². The van der Waals surface area contributed by atoms with E-state index in [1.165, 1.54) is 11.0 Å². The fraction of sp³-hybridized carbons (Fsp3) is 0.517. The van der Waals surface area contributed by atoms with Gasteiger partial charge in [0, 0.05) is 34.6 Å². The molecule has 2 saturated heterocycles. The van der Waals surface area contributed by atoms with Crippen LogP contribution in [-0.4, -0.2) is 69.2 Å². The van der Waals surface area contributed by atoms with Gasteiger partial charge in [-0.25, -0.2) is 17.5 Å². The van der Waals surface area contributed by atoms with E-state index >= 15 is 0 Å². The molecule has 0 spiro atoms. The molecule has 2 aromatic rings. The van der Waals surface area contributed by atoms with Crippen LogP contribution in [0.2, 0.25) is 5.02 Å². The normalized spacial score (nSPS) is 20.4. The summed E-state index contributed by atoms with van der Waals surface area (Å²) >= 11 is 9.21. The smallest absolute Gasteiger partial charge is 0.243 e. The van der Waals surface area contributed by atoms with Gasteiger partial charge in [-0.15, -0.1) is 0 Å². The zero-order chi connectivity index (χ0) is 30.3. The Hall–Kier alpha value is -2.09. The second kappa shape index (κ2) is 15.1. The third kappa shape index (κ3) is 9.72. The second-order valence-electron chi connectivity index (χ2n) is 11.0. The number of ether oxygens (including phenoxy) is 1.